The van der Waals surface area contributed by atoms with E-state index in [1.165, 1.54) is 4.90 Å². The molecule has 16 heavy (non-hydrogen) atoms. The molecule has 0 aromatic heterocycles. The number of carbonyl (C=O) groups is 2. The Hall–Kier alpha value is -1.14. The average molecular weight is 230 g/mol. The first-order chi connectivity index (χ1) is 7.65. The van der Waals surface area contributed by atoms with Crippen molar-refractivity contribution in [1.29, 1.82) is 0 Å². The summed E-state index contributed by atoms with van der Waals surface area (Å²) in [6.45, 7) is 3.97. The molecule has 6 heteroatoms. The molecule has 0 aromatic carbocycles. The fourth-order valence-electron chi connectivity index (χ4n) is 1.51. The number of carboxylic acids is 1. The Balaban J connectivity index is 2.35. The smallest absolute Gasteiger partial charge is 0.334 e. The van der Waals surface area contributed by atoms with Crippen LogP contribution in [0.15, 0.2) is 0 Å². The van der Waals surface area contributed by atoms with E-state index in [0.29, 0.717) is 6.54 Å². The van der Waals surface area contributed by atoms with Gasteiger partial charge in [0.1, 0.15) is 0 Å². The van der Waals surface area contributed by atoms with Gasteiger partial charge in [-0.25, -0.2) is 4.79 Å². The van der Waals surface area contributed by atoms with Gasteiger partial charge in [0.2, 0.25) is 5.91 Å². The molecular formula is C10H18N2O4. The summed E-state index contributed by atoms with van der Waals surface area (Å²) >= 11 is 0. The van der Waals surface area contributed by atoms with Crippen LogP contribution in [0.5, 0.6) is 0 Å². The van der Waals surface area contributed by atoms with Gasteiger partial charge in [-0.1, -0.05) is 6.92 Å². The number of morpholine rings is 1. The largest absolute Gasteiger partial charge is 0.479 e. The summed E-state index contributed by atoms with van der Waals surface area (Å²) in [4.78, 5) is 23.9. The van der Waals surface area contributed by atoms with E-state index < -0.39 is 12.1 Å². The summed E-state index contributed by atoms with van der Waals surface area (Å²) in [6, 6.07) is 0. The first-order valence-corrected chi connectivity index (χ1v) is 5.48. The second kappa shape index (κ2) is 6.44. The third-order valence-electron chi connectivity index (χ3n) is 2.40. The fourth-order valence-corrected chi connectivity index (χ4v) is 1.51. The van der Waals surface area contributed by atoms with Gasteiger partial charge in [0.05, 0.1) is 19.7 Å². The van der Waals surface area contributed by atoms with Gasteiger partial charge in [-0.05, 0) is 13.0 Å². The highest BCUT2D eigenvalue weighted by molar-refractivity contribution is 5.80. The summed E-state index contributed by atoms with van der Waals surface area (Å²) in [5.74, 6) is -1.08. The lowest BCUT2D eigenvalue weighted by molar-refractivity contribution is -0.159. The standard InChI is InChI=1S/C10H18N2O4/c1-2-3-11-6-9(13)12-4-5-16-8(7-12)10(14)15/h8,11H,2-7H2,1H3,(H,14,15). The molecule has 0 spiro atoms. The zero-order chi connectivity index (χ0) is 12.0. The second-order valence-electron chi connectivity index (χ2n) is 3.71. The fraction of sp³-hybridized carbons (Fsp3) is 0.800. The van der Waals surface area contributed by atoms with Crippen molar-refractivity contribution >= 4 is 11.9 Å². The summed E-state index contributed by atoms with van der Waals surface area (Å²) < 4.78 is 5.03. The number of nitrogens with one attached hydrogen (secondary N) is 1. The minimum atomic E-state index is -1.01. The third kappa shape index (κ3) is 3.79. The average Bonchev–Trinajstić information content (AvgIpc) is 2.29. The van der Waals surface area contributed by atoms with E-state index in [9.17, 15) is 9.59 Å². The Kier molecular flexibility index (Phi) is 5.21. The van der Waals surface area contributed by atoms with Gasteiger partial charge < -0.3 is 20.1 Å². The van der Waals surface area contributed by atoms with Crippen LogP contribution in [-0.4, -0.2) is 60.8 Å². The minimum absolute atomic E-state index is 0.0667. The summed E-state index contributed by atoms with van der Waals surface area (Å²) in [6.07, 6.45) is 0.0811. The normalized spacial score (nSPS) is 20.8. The number of carboxylic acid groups (broad SMARTS) is 1. The molecule has 0 aromatic rings. The molecule has 1 amide bonds. The van der Waals surface area contributed by atoms with E-state index in [2.05, 4.69) is 5.32 Å². The van der Waals surface area contributed by atoms with Crippen molar-refractivity contribution in [3.05, 3.63) is 0 Å². The molecule has 1 atom stereocenters. The number of ether oxygens (including phenoxy) is 1. The summed E-state index contributed by atoms with van der Waals surface area (Å²) in [5, 5.41) is 11.8. The molecular weight excluding hydrogens is 212 g/mol. The van der Waals surface area contributed by atoms with Crippen molar-refractivity contribution in [2.75, 3.05) is 32.8 Å². The Bertz CT molecular complexity index is 257. The lowest BCUT2D eigenvalue weighted by Crippen LogP contribution is -2.50. The van der Waals surface area contributed by atoms with Gasteiger partial charge >= 0.3 is 5.97 Å². The molecule has 1 rings (SSSR count). The Morgan fingerprint density at radius 2 is 2.31 bits per heavy atom. The maximum Gasteiger partial charge on any atom is 0.334 e. The van der Waals surface area contributed by atoms with E-state index in [-0.39, 0.29) is 25.6 Å². The van der Waals surface area contributed by atoms with Crippen LogP contribution in [0.1, 0.15) is 13.3 Å². The lowest BCUT2D eigenvalue weighted by atomic mass is 10.2. The topological polar surface area (TPSA) is 78.9 Å². The quantitative estimate of drug-likeness (QED) is 0.610. The van der Waals surface area contributed by atoms with Crippen LogP contribution >= 0.6 is 0 Å². The van der Waals surface area contributed by atoms with Crippen molar-refractivity contribution < 1.29 is 19.4 Å². The molecule has 92 valence electrons. The van der Waals surface area contributed by atoms with Crippen LogP contribution < -0.4 is 5.32 Å². The van der Waals surface area contributed by atoms with Gasteiger partial charge in [-0.2, -0.15) is 0 Å². The van der Waals surface area contributed by atoms with Crippen molar-refractivity contribution in [2.24, 2.45) is 0 Å². The Labute approximate surface area is 94.6 Å². The molecule has 1 heterocycles. The van der Waals surface area contributed by atoms with E-state index in [0.717, 1.165) is 13.0 Å². The number of amides is 1. The predicted molar refractivity (Wildman–Crippen MR) is 57.1 cm³/mol. The highest BCUT2D eigenvalue weighted by Crippen LogP contribution is 2.05. The minimum Gasteiger partial charge on any atom is -0.479 e. The molecule has 0 bridgehead atoms. The Morgan fingerprint density at radius 1 is 1.56 bits per heavy atom. The number of hydrogen-bond donors (Lipinski definition) is 2. The third-order valence-corrected chi connectivity index (χ3v) is 2.40. The maximum atomic E-state index is 11.7. The van der Waals surface area contributed by atoms with Crippen molar-refractivity contribution in [3.63, 3.8) is 0 Å². The van der Waals surface area contributed by atoms with E-state index in [4.69, 9.17) is 9.84 Å². The van der Waals surface area contributed by atoms with Gasteiger partial charge in [0, 0.05) is 6.54 Å². The highest BCUT2D eigenvalue weighted by Gasteiger charge is 2.28. The molecule has 6 nitrogen and oxygen atoms in total. The number of hydrogen-bond acceptors (Lipinski definition) is 4. The van der Waals surface area contributed by atoms with Crippen LogP contribution in [0.2, 0.25) is 0 Å². The highest BCUT2D eigenvalue weighted by atomic mass is 16.5. The van der Waals surface area contributed by atoms with Crippen LogP contribution in [0.25, 0.3) is 0 Å². The van der Waals surface area contributed by atoms with Gasteiger partial charge in [-0.3, -0.25) is 4.79 Å². The van der Waals surface area contributed by atoms with Crippen molar-refractivity contribution in [2.45, 2.75) is 19.4 Å². The first-order valence-electron chi connectivity index (χ1n) is 5.48. The molecule has 0 aliphatic carbocycles. The molecule has 0 radical (unpaired) electrons. The van der Waals surface area contributed by atoms with Gasteiger partial charge in [-0.15, -0.1) is 0 Å². The van der Waals surface area contributed by atoms with Gasteiger partial charge in [0.15, 0.2) is 6.10 Å². The van der Waals surface area contributed by atoms with Crippen LogP contribution in [0, 0.1) is 0 Å². The maximum absolute atomic E-state index is 11.7. The van der Waals surface area contributed by atoms with Gasteiger partial charge in [0.25, 0.3) is 0 Å². The number of rotatable bonds is 5. The van der Waals surface area contributed by atoms with Crippen molar-refractivity contribution in [1.82, 2.24) is 10.2 Å². The number of nitrogens with zero attached hydrogens (tertiary/aromatic N) is 1. The lowest BCUT2D eigenvalue weighted by Gasteiger charge is -2.30. The molecule has 2 N–H and O–H groups in total. The molecule has 1 aliphatic rings. The van der Waals surface area contributed by atoms with Crippen LogP contribution in [0.4, 0.5) is 0 Å². The predicted octanol–water partition coefficient (Wildman–Crippen LogP) is -0.702. The van der Waals surface area contributed by atoms with Crippen molar-refractivity contribution in [3.8, 4) is 0 Å². The van der Waals surface area contributed by atoms with E-state index in [1.54, 1.807) is 0 Å². The monoisotopic (exact) mass is 230 g/mol. The molecule has 1 fully saturated rings. The van der Waals surface area contributed by atoms with Crippen LogP contribution in [-0.2, 0) is 14.3 Å². The molecule has 1 aliphatic heterocycles. The molecule has 1 unspecified atom stereocenters. The molecule has 1 saturated heterocycles. The Morgan fingerprint density at radius 3 is 2.94 bits per heavy atom. The number of carbonyl (C=O) groups excluding carboxylic acids is 1. The van der Waals surface area contributed by atoms with E-state index in [1.807, 2.05) is 6.92 Å². The zero-order valence-electron chi connectivity index (χ0n) is 9.44. The summed E-state index contributed by atoms with van der Waals surface area (Å²) in [5.41, 5.74) is 0. The number of aliphatic carboxylic acids is 1. The second-order valence-corrected chi connectivity index (χ2v) is 3.71. The zero-order valence-corrected chi connectivity index (χ0v) is 9.44. The SMILES string of the molecule is CCCNCC(=O)N1CCOC(C(=O)O)C1. The van der Waals surface area contributed by atoms with Crippen LogP contribution in [0.3, 0.4) is 0 Å². The molecule has 0 saturated carbocycles. The first kappa shape index (κ1) is 12.9. The summed E-state index contributed by atoms with van der Waals surface area (Å²) in [7, 11) is 0. The van der Waals surface area contributed by atoms with E-state index >= 15 is 0 Å².